The van der Waals surface area contributed by atoms with Gasteiger partial charge in [-0.05, 0) is 53.2 Å². The van der Waals surface area contributed by atoms with Crippen LogP contribution in [0.25, 0.3) is 0 Å². The first-order chi connectivity index (χ1) is 11.3. The van der Waals surface area contributed by atoms with Crippen LogP contribution in [0, 0.1) is 0 Å². The monoisotopic (exact) mass is 356 g/mol. The minimum atomic E-state index is 0. The Hall–Kier alpha value is -1.14. The van der Waals surface area contributed by atoms with Gasteiger partial charge < -0.3 is 20.0 Å². The van der Waals surface area contributed by atoms with Crippen molar-refractivity contribution in [3.05, 3.63) is 0 Å². The van der Waals surface area contributed by atoms with E-state index >= 15 is 0 Å². The highest BCUT2D eigenvalue weighted by atomic mass is 16.2. The molecule has 3 rings (SSSR count). The fraction of sp³-hybridized carbons (Fsp3) is 0.895. The van der Waals surface area contributed by atoms with Gasteiger partial charge in [-0.25, -0.2) is 0 Å². The van der Waals surface area contributed by atoms with Gasteiger partial charge >= 0.3 is 0 Å². The Labute approximate surface area is 154 Å². The lowest BCUT2D eigenvalue weighted by Crippen LogP contribution is -2.49. The number of nitrogens with one attached hydrogen (secondary N) is 1. The number of hydrogen-bond donors (Lipinski definition) is 1. The minimum absolute atomic E-state index is 0. The molecule has 25 heavy (non-hydrogen) atoms. The van der Waals surface area contributed by atoms with Gasteiger partial charge in [-0.3, -0.25) is 9.59 Å². The second-order valence-electron chi connectivity index (χ2n) is 7.27. The summed E-state index contributed by atoms with van der Waals surface area (Å²) in [6.45, 7) is 1.91. The van der Waals surface area contributed by atoms with Crippen LogP contribution in [0.1, 0.15) is 52.4 Å². The molecule has 6 nitrogen and oxygen atoms in total. The maximum Gasteiger partial charge on any atom is 0.222 e. The highest BCUT2D eigenvalue weighted by Gasteiger charge is 2.28. The van der Waals surface area contributed by atoms with E-state index in [1.165, 1.54) is 19.3 Å². The third-order valence-electron chi connectivity index (χ3n) is 5.12. The molecule has 148 valence electrons. The normalized spacial score (nSPS) is 25.4. The summed E-state index contributed by atoms with van der Waals surface area (Å²) in [5.41, 5.74) is 0. The van der Waals surface area contributed by atoms with Gasteiger partial charge in [0.25, 0.3) is 0 Å². The van der Waals surface area contributed by atoms with Crippen LogP contribution in [0.3, 0.4) is 0 Å². The molecule has 3 fully saturated rings. The number of piperidine rings is 1. The molecule has 0 aromatic rings. The quantitative estimate of drug-likeness (QED) is 0.820. The molecule has 0 radical (unpaired) electrons. The average Bonchev–Trinajstić information content (AvgIpc) is 2.86. The van der Waals surface area contributed by atoms with Crippen LogP contribution < -0.4 is 5.32 Å². The molecule has 0 spiro atoms. The van der Waals surface area contributed by atoms with Crippen molar-refractivity contribution in [1.82, 2.24) is 20.0 Å². The molecule has 3 aliphatic rings. The van der Waals surface area contributed by atoms with Gasteiger partial charge in [0.1, 0.15) is 0 Å². The van der Waals surface area contributed by atoms with Crippen molar-refractivity contribution in [3.8, 4) is 0 Å². The Balaban J connectivity index is 0.000000341. The lowest BCUT2D eigenvalue weighted by Gasteiger charge is -2.39. The number of carbonyl (C=O) groups is 2. The number of rotatable bonds is 2. The lowest BCUT2D eigenvalue weighted by molar-refractivity contribution is -0.131. The summed E-state index contributed by atoms with van der Waals surface area (Å²) in [6, 6.07) is 1.62. The van der Waals surface area contributed by atoms with Gasteiger partial charge in [-0.15, -0.1) is 0 Å². The highest BCUT2D eigenvalue weighted by molar-refractivity contribution is 5.77. The van der Waals surface area contributed by atoms with E-state index in [1.54, 1.807) is 9.80 Å². The summed E-state index contributed by atoms with van der Waals surface area (Å²) in [6.07, 6.45) is 7.49. The largest absolute Gasteiger partial charge is 0.346 e. The SMILES string of the molecule is C.CN1CCCC1=O.CN1CCCCC1=O.CNC1CC(N(C)C)C1. The first-order valence-electron chi connectivity index (χ1n) is 9.16. The van der Waals surface area contributed by atoms with E-state index in [2.05, 4.69) is 24.3 Å². The van der Waals surface area contributed by atoms with Gasteiger partial charge in [0.05, 0.1) is 0 Å². The number of likely N-dealkylation sites (tertiary alicyclic amines) is 2. The second kappa shape index (κ2) is 12.3. The molecule has 6 heteroatoms. The highest BCUT2D eigenvalue weighted by Crippen LogP contribution is 2.22. The molecular formula is C19H40N4O2. The predicted octanol–water partition coefficient (Wildman–Crippen LogP) is 1.80. The minimum Gasteiger partial charge on any atom is -0.346 e. The third kappa shape index (κ3) is 8.68. The summed E-state index contributed by atoms with van der Waals surface area (Å²) in [7, 11) is 10.0. The van der Waals surface area contributed by atoms with E-state index in [0.29, 0.717) is 11.8 Å². The van der Waals surface area contributed by atoms with Crippen LogP contribution in [0.5, 0.6) is 0 Å². The van der Waals surface area contributed by atoms with Crippen molar-refractivity contribution in [3.63, 3.8) is 0 Å². The van der Waals surface area contributed by atoms with Crippen molar-refractivity contribution < 1.29 is 9.59 Å². The van der Waals surface area contributed by atoms with Crippen LogP contribution >= 0.6 is 0 Å². The van der Waals surface area contributed by atoms with Gasteiger partial charge in [0.15, 0.2) is 0 Å². The number of carbonyl (C=O) groups excluding carboxylic acids is 2. The standard InChI is InChI=1S/C7H16N2.C6H11NO.C5H9NO.CH4/c1-8-6-4-7(5-6)9(2)3;1-7-5-3-2-4-6(7)8;1-6-4-2-3-5(6)7;/h6-8H,4-5H2,1-3H3;2-5H2,1H3;2-4H2,1H3;1H4. The second-order valence-corrected chi connectivity index (χ2v) is 7.27. The zero-order valence-corrected chi connectivity index (χ0v) is 16.2. The number of nitrogens with zero attached hydrogens (tertiary/aromatic N) is 3. The molecule has 1 N–H and O–H groups in total. The first kappa shape index (κ1) is 23.9. The van der Waals surface area contributed by atoms with Crippen LogP contribution in [0.15, 0.2) is 0 Å². The van der Waals surface area contributed by atoms with Crippen molar-refractivity contribution in [2.45, 2.75) is 64.5 Å². The predicted molar refractivity (Wildman–Crippen MR) is 105 cm³/mol. The summed E-state index contributed by atoms with van der Waals surface area (Å²) >= 11 is 0. The smallest absolute Gasteiger partial charge is 0.222 e. The number of hydrogen-bond acceptors (Lipinski definition) is 4. The molecule has 1 saturated carbocycles. The molecule has 0 atom stereocenters. The van der Waals surface area contributed by atoms with Gasteiger partial charge in [-0.1, -0.05) is 7.43 Å². The fourth-order valence-corrected chi connectivity index (χ4v) is 2.97. The molecule has 2 aliphatic heterocycles. The molecule has 0 unspecified atom stereocenters. The van der Waals surface area contributed by atoms with Crippen LogP contribution in [-0.2, 0) is 9.59 Å². The van der Waals surface area contributed by atoms with E-state index in [9.17, 15) is 9.59 Å². The molecule has 2 saturated heterocycles. The molecule has 1 aliphatic carbocycles. The zero-order chi connectivity index (χ0) is 18.1. The van der Waals surface area contributed by atoms with E-state index < -0.39 is 0 Å². The molecular weight excluding hydrogens is 316 g/mol. The summed E-state index contributed by atoms with van der Waals surface area (Å²) < 4.78 is 0. The summed E-state index contributed by atoms with van der Waals surface area (Å²) in [5.74, 6) is 0.594. The number of amides is 2. The third-order valence-corrected chi connectivity index (χ3v) is 5.12. The van der Waals surface area contributed by atoms with Crippen LogP contribution in [0.4, 0.5) is 0 Å². The van der Waals surface area contributed by atoms with E-state index in [-0.39, 0.29) is 7.43 Å². The maximum atomic E-state index is 10.7. The molecule has 0 bridgehead atoms. The van der Waals surface area contributed by atoms with Gasteiger partial charge in [0.2, 0.25) is 11.8 Å². The topological polar surface area (TPSA) is 55.9 Å². The van der Waals surface area contributed by atoms with E-state index in [0.717, 1.165) is 50.9 Å². The zero-order valence-electron chi connectivity index (χ0n) is 16.2. The Morgan fingerprint density at radius 2 is 1.40 bits per heavy atom. The van der Waals surface area contributed by atoms with Crippen LogP contribution in [0.2, 0.25) is 0 Å². The molecule has 0 aromatic carbocycles. The van der Waals surface area contributed by atoms with Crippen LogP contribution in [-0.4, -0.2) is 86.9 Å². The maximum absolute atomic E-state index is 10.7. The fourth-order valence-electron chi connectivity index (χ4n) is 2.97. The Bertz CT molecular complexity index is 395. The van der Waals surface area contributed by atoms with Gasteiger partial charge in [-0.2, -0.15) is 0 Å². The van der Waals surface area contributed by atoms with Crippen molar-refractivity contribution in [2.24, 2.45) is 0 Å². The summed E-state index contributed by atoms with van der Waals surface area (Å²) in [4.78, 5) is 27.1. The average molecular weight is 357 g/mol. The lowest BCUT2D eigenvalue weighted by atomic mass is 9.86. The Morgan fingerprint density at radius 1 is 0.920 bits per heavy atom. The molecule has 2 heterocycles. The Kier molecular flexibility index (Phi) is 11.7. The van der Waals surface area contributed by atoms with Crippen molar-refractivity contribution in [2.75, 3.05) is 48.3 Å². The van der Waals surface area contributed by atoms with Gasteiger partial charge in [0, 0.05) is 52.1 Å². The first-order valence-corrected chi connectivity index (χ1v) is 9.16. The summed E-state index contributed by atoms with van der Waals surface area (Å²) in [5, 5.41) is 3.26. The van der Waals surface area contributed by atoms with E-state index in [1.807, 2.05) is 21.1 Å². The molecule has 2 amide bonds. The van der Waals surface area contributed by atoms with Crippen molar-refractivity contribution >= 4 is 11.8 Å². The van der Waals surface area contributed by atoms with E-state index in [4.69, 9.17) is 0 Å². The molecule has 0 aromatic heterocycles. The Morgan fingerprint density at radius 3 is 1.68 bits per heavy atom. The van der Waals surface area contributed by atoms with Crippen molar-refractivity contribution in [1.29, 1.82) is 0 Å².